The summed E-state index contributed by atoms with van der Waals surface area (Å²) in [5.74, 6) is 1.21. The van der Waals surface area contributed by atoms with Gasteiger partial charge in [0.15, 0.2) is 0 Å². The van der Waals surface area contributed by atoms with E-state index in [0.717, 1.165) is 28.7 Å². The number of nitrogens with zero attached hydrogens (tertiary/aromatic N) is 4. The maximum Gasteiger partial charge on any atom is 0.255 e. The average molecular weight is 486 g/mol. The fourth-order valence-electron chi connectivity index (χ4n) is 3.69. The number of aromatic nitrogens is 4. The number of hydrogen-bond acceptors (Lipinski definition) is 6. The van der Waals surface area contributed by atoms with Gasteiger partial charge in [0.1, 0.15) is 18.0 Å². The van der Waals surface area contributed by atoms with E-state index in [4.69, 9.17) is 28.9 Å². The van der Waals surface area contributed by atoms with Gasteiger partial charge in [0.05, 0.1) is 33.2 Å². The first-order valence-corrected chi connectivity index (χ1v) is 11.5. The van der Waals surface area contributed by atoms with E-state index in [0.29, 0.717) is 46.6 Å². The Hall–Kier alpha value is -2.94. The zero-order valence-electron chi connectivity index (χ0n) is 18.4. The molecule has 0 aliphatic rings. The lowest BCUT2D eigenvalue weighted by Gasteiger charge is -2.21. The Balaban J connectivity index is 1.63. The second-order valence-electron chi connectivity index (χ2n) is 7.75. The van der Waals surface area contributed by atoms with Gasteiger partial charge in [-0.1, -0.05) is 23.2 Å². The van der Waals surface area contributed by atoms with Crippen LogP contribution < -0.4 is 11.1 Å². The molecule has 0 aliphatic heterocycles. The van der Waals surface area contributed by atoms with Crippen LogP contribution in [0.25, 0.3) is 21.9 Å². The molecule has 0 fully saturated rings. The highest BCUT2D eigenvalue weighted by Gasteiger charge is 2.20. The number of carbonyl (C=O) groups excluding carboxylic acids is 1. The van der Waals surface area contributed by atoms with Gasteiger partial charge in [0.2, 0.25) is 0 Å². The summed E-state index contributed by atoms with van der Waals surface area (Å²) in [5.41, 5.74) is 8.33. The number of imidazole rings is 1. The second kappa shape index (κ2) is 9.91. The number of halogens is 2. The van der Waals surface area contributed by atoms with E-state index in [2.05, 4.69) is 25.3 Å². The number of rotatable bonds is 8. The Kier molecular flexibility index (Phi) is 6.97. The van der Waals surface area contributed by atoms with Gasteiger partial charge in [0.25, 0.3) is 5.91 Å². The minimum Gasteiger partial charge on any atom is -0.360 e. The van der Waals surface area contributed by atoms with E-state index in [-0.39, 0.29) is 11.9 Å². The lowest BCUT2D eigenvalue weighted by molar-refractivity contribution is 0.0764. The number of anilines is 1. The van der Waals surface area contributed by atoms with Gasteiger partial charge in [-0.2, -0.15) is 0 Å². The summed E-state index contributed by atoms with van der Waals surface area (Å²) in [6, 6.07) is 8.78. The summed E-state index contributed by atoms with van der Waals surface area (Å²) >= 11 is 12.6. The van der Waals surface area contributed by atoms with Gasteiger partial charge < -0.3 is 20.9 Å². The number of benzene rings is 2. The first-order valence-electron chi connectivity index (χ1n) is 10.8. The number of carbonyl (C=O) groups is 1. The zero-order valence-corrected chi connectivity index (χ0v) is 19.9. The summed E-state index contributed by atoms with van der Waals surface area (Å²) in [6.07, 6.45) is 2.19. The first kappa shape index (κ1) is 23.2. The Labute approximate surface area is 201 Å². The summed E-state index contributed by atoms with van der Waals surface area (Å²) in [5, 5.41) is 5.08. The molecule has 2 aromatic heterocycles. The van der Waals surface area contributed by atoms with Crippen molar-refractivity contribution in [2.75, 3.05) is 25.0 Å². The molecule has 1 unspecified atom stereocenters. The van der Waals surface area contributed by atoms with Crippen LogP contribution in [0.4, 0.5) is 5.82 Å². The van der Waals surface area contributed by atoms with Gasteiger partial charge in [-0.25, -0.2) is 15.0 Å². The summed E-state index contributed by atoms with van der Waals surface area (Å²) in [7, 11) is 0. The monoisotopic (exact) mass is 485 g/mol. The molecule has 4 rings (SSSR count). The maximum absolute atomic E-state index is 13.0. The van der Waals surface area contributed by atoms with Gasteiger partial charge in [-0.3, -0.25) is 4.79 Å². The van der Waals surface area contributed by atoms with Crippen molar-refractivity contribution in [1.29, 1.82) is 0 Å². The molecular formula is C23H25Cl2N7O. The standard InChI is InChI=1S/C23H25Cl2N7O/c1-3-32(8-4-7-26)23(33)15-11-19-16(10-17(15)25)22(28-12-27-19)29-13(2)21-30-18-6-5-14(24)9-20(18)31-21/h5-6,9-13H,3-4,7-8,26H2,1-2H3,(H,30,31)(H,27,28,29). The van der Waals surface area contributed by atoms with Crippen LogP contribution in [0, 0.1) is 0 Å². The van der Waals surface area contributed by atoms with Crippen LogP contribution in [0.5, 0.6) is 0 Å². The van der Waals surface area contributed by atoms with Gasteiger partial charge in [-0.05, 0) is 57.1 Å². The van der Waals surface area contributed by atoms with Crippen LogP contribution >= 0.6 is 23.2 Å². The van der Waals surface area contributed by atoms with E-state index < -0.39 is 0 Å². The Morgan fingerprint density at radius 1 is 1.21 bits per heavy atom. The van der Waals surface area contributed by atoms with Crippen molar-refractivity contribution in [3.63, 3.8) is 0 Å². The first-order chi connectivity index (χ1) is 15.9. The predicted molar refractivity (Wildman–Crippen MR) is 133 cm³/mol. The van der Waals surface area contributed by atoms with Crippen molar-refractivity contribution in [1.82, 2.24) is 24.8 Å². The van der Waals surface area contributed by atoms with Crippen LogP contribution in [-0.4, -0.2) is 50.4 Å². The lowest BCUT2D eigenvalue weighted by Crippen LogP contribution is -2.33. The third-order valence-electron chi connectivity index (χ3n) is 5.48. The summed E-state index contributed by atoms with van der Waals surface area (Å²) in [4.78, 5) is 31.4. The second-order valence-corrected chi connectivity index (χ2v) is 8.59. The molecule has 2 heterocycles. The number of nitrogens with one attached hydrogen (secondary N) is 2. The zero-order chi connectivity index (χ0) is 23.5. The Morgan fingerprint density at radius 2 is 2.03 bits per heavy atom. The number of fused-ring (bicyclic) bond motifs is 2. The van der Waals surface area contributed by atoms with Crippen LogP contribution in [0.15, 0.2) is 36.7 Å². The van der Waals surface area contributed by atoms with E-state index in [1.54, 1.807) is 23.1 Å². The highest BCUT2D eigenvalue weighted by atomic mass is 35.5. The fraction of sp³-hybridized carbons (Fsp3) is 0.304. The molecule has 0 saturated carbocycles. The predicted octanol–water partition coefficient (Wildman–Crippen LogP) is 4.80. The number of aromatic amines is 1. The van der Waals surface area contributed by atoms with Crippen LogP contribution in [-0.2, 0) is 0 Å². The van der Waals surface area contributed by atoms with E-state index in [1.165, 1.54) is 6.33 Å². The molecular weight excluding hydrogens is 461 g/mol. The van der Waals surface area contributed by atoms with E-state index in [9.17, 15) is 4.79 Å². The molecule has 0 bridgehead atoms. The SMILES string of the molecule is CCN(CCCN)C(=O)c1cc2ncnc(NC(C)c3nc4ccc(Cl)cc4[nH]3)c2cc1Cl. The molecule has 10 heteroatoms. The summed E-state index contributed by atoms with van der Waals surface area (Å²) < 4.78 is 0. The quantitative estimate of drug-likeness (QED) is 0.330. The fourth-order valence-corrected chi connectivity index (χ4v) is 4.11. The van der Waals surface area contributed by atoms with Crippen molar-refractivity contribution < 1.29 is 4.79 Å². The minimum atomic E-state index is -0.179. The number of nitrogens with two attached hydrogens (primary N) is 1. The summed E-state index contributed by atoms with van der Waals surface area (Å²) in [6.45, 7) is 5.58. The maximum atomic E-state index is 13.0. The smallest absolute Gasteiger partial charge is 0.255 e. The highest BCUT2D eigenvalue weighted by molar-refractivity contribution is 6.35. The number of amides is 1. The van der Waals surface area contributed by atoms with Gasteiger partial charge in [-0.15, -0.1) is 0 Å². The molecule has 2 aromatic carbocycles. The van der Waals surface area contributed by atoms with Crippen molar-refractivity contribution in [3.8, 4) is 0 Å². The third kappa shape index (κ3) is 4.88. The van der Waals surface area contributed by atoms with Crippen molar-refractivity contribution in [2.24, 2.45) is 5.73 Å². The molecule has 0 spiro atoms. The highest BCUT2D eigenvalue weighted by Crippen LogP contribution is 2.30. The van der Waals surface area contributed by atoms with Gasteiger partial charge >= 0.3 is 0 Å². The number of H-pyrrole nitrogens is 1. The van der Waals surface area contributed by atoms with Crippen molar-refractivity contribution in [3.05, 3.63) is 58.1 Å². The van der Waals surface area contributed by atoms with Crippen LogP contribution in [0.1, 0.15) is 42.5 Å². The van der Waals surface area contributed by atoms with E-state index >= 15 is 0 Å². The largest absolute Gasteiger partial charge is 0.360 e. The molecule has 172 valence electrons. The number of hydrogen-bond donors (Lipinski definition) is 3. The minimum absolute atomic E-state index is 0.139. The van der Waals surface area contributed by atoms with Crippen LogP contribution in [0.2, 0.25) is 10.0 Å². The Bertz CT molecular complexity index is 1310. The molecule has 0 aliphatic carbocycles. The van der Waals surface area contributed by atoms with Crippen molar-refractivity contribution >= 4 is 56.9 Å². The van der Waals surface area contributed by atoms with E-state index in [1.807, 2.05) is 26.0 Å². The molecule has 1 amide bonds. The molecule has 4 N–H and O–H groups in total. The molecule has 4 aromatic rings. The lowest BCUT2D eigenvalue weighted by atomic mass is 10.1. The Morgan fingerprint density at radius 3 is 2.79 bits per heavy atom. The normalized spacial score (nSPS) is 12.3. The van der Waals surface area contributed by atoms with Gasteiger partial charge in [0, 0.05) is 23.5 Å². The molecule has 33 heavy (non-hydrogen) atoms. The van der Waals surface area contributed by atoms with Crippen LogP contribution in [0.3, 0.4) is 0 Å². The third-order valence-corrected chi connectivity index (χ3v) is 6.03. The average Bonchev–Trinajstić information content (AvgIpc) is 3.23. The molecule has 8 nitrogen and oxygen atoms in total. The van der Waals surface area contributed by atoms with Crippen molar-refractivity contribution in [2.45, 2.75) is 26.3 Å². The molecule has 1 atom stereocenters. The molecule has 0 radical (unpaired) electrons. The molecule has 0 saturated heterocycles. The topological polar surface area (TPSA) is 113 Å².